The summed E-state index contributed by atoms with van der Waals surface area (Å²) in [4.78, 5) is 28.6. The lowest BCUT2D eigenvalue weighted by Gasteiger charge is -2.37. The molecule has 2 aromatic rings. The van der Waals surface area contributed by atoms with Gasteiger partial charge in [-0.05, 0) is 36.4 Å². The number of piperazine rings is 1. The molecule has 2 atom stereocenters. The molecule has 2 aliphatic heterocycles. The van der Waals surface area contributed by atoms with E-state index in [4.69, 9.17) is 14.2 Å². The van der Waals surface area contributed by atoms with Gasteiger partial charge in [-0.2, -0.15) is 0 Å². The minimum absolute atomic E-state index is 0.0185. The number of nitrogens with zero attached hydrogens (tertiary/aromatic N) is 2. The second kappa shape index (κ2) is 10.2. The number of methoxy groups -OCH3 is 1. The van der Waals surface area contributed by atoms with E-state index in [1.807, 2.05) is 18.2 Å². The number of carbonyl (C=O) groups excluding carboxylic acids is 2. The van der Waals surface area contributed by atoms with Crippen LogP contribution in [0.1, 0.15) is 0 Å². The van der Waals surface area contributed by atoms with Crippen LogP contribution in [0.5, 0.6) is 5.75 Å². The molecule has 0 aliphatic carbocycles. The van der Waals surface area contributed by atoms with E-state index in [-0.39, 0.29) is 12.6 Å². The molecule has 0 bridgehead atoms. The molecule has 9 heteroatoms. The Morgan fingerprint density at radius 2 is 1.81 bits per heavy atom. The lowest BCUT2D eigenvalue weighted by atomic mass is 10.1. The van der Waals surface area contributed by atoms with Crippen LogP contribution in [-0.4, -0.2) is 75.7 Å². The largest absolute Gasteiger partial charge is 0.497 e. The first kappa shape index (κ1) is 21.8. The van der Waals surface area contributed by atoms with Crippen molar-refractivity contribution >= 4 is 23.6 Å². The van der Waals surface area contributed by atoms with E-state index in [0.29, 0.717) is 18.0 Å². The molecule has 2 amide bonds. The summed E-state index contributed by atoms with van der Waals surface area (Å²) in [6.07, 6.45) is -1.62. The third kappa shape index (κ3) is 5.61. The molecule has 32 heavy (non-hydrogen) atoms. The Morgan fingerprint density at radius 1 is 1.09 bits per heavy atom. The van der Waals surface area contributed by atoms with Crippen molar-refractivity contribution in [1.29, 1.82) is 0 Å². The lowest BCUT2D eigenvalue weighted by Crippen LogP contribution is -2.52. The molecule has 2 heterocycles. The molecule has 2 saturated heterocycles. The number of para-hydroxylation sites is 1. The minimum Gasteiger partial charge on any atom is -0.497 e. The Labute approximate surface area is 187 Å². The van der Waals surface area contributed by atoms with Crippen LogP contribution in [0.3, 0.4) is 0 Å². The fourth-order valence-corrected chi connectivity index (χ4v) is 3.90. The van der Waals surface area contributed by atoms with Crippen LogP contribution in [-0.2, 0) is 9.47 Å². The second-order valence-corrected chi connectivity index (χ2v) is 7.77. The normalized spacial score (nSPS) is 20.9. The Hall–Kier alpha value is -3.46. The van der Waals surface area contributed by atoms with Crippen LogP contribution in [0.25, 0.3) is 0 Å². The minimum atomic E-state index is -0.603. The predicted octanol–water partition coefficient (Wildman–Crippen LogP) is 2.54. The number of benzene rings is 2. The van der Waals surface area contributed by atoms with E-state index in [0.717, 1.165) is 26.2 Å². The second-order valence-electron chi connectivity index (χ2n) is 7.77. The Morgan fingerprint density at radius 3 is 2.50 bits per heavy atom. The van der Waals surface area contributed by atoms with Gasteiger partial charge in [-0.15, -0.1) is 0 Å². The van der Waals surface area contributed by atoms with Crippen LogP contribution in [0.15, 0.2) is 54.6 Å². The predicted molar refractivity (Wildman–Crippen MR) is 120 cm³/mol. The average Bonchev–Trinajstić information content (AvgIpc) is 3.18. The number of rotatable bonds is 7. The molecule has 9 nitrogen and oxygen atoms in total. The number of cyclic esters (lactones) is 1. The SMILES string of the molecule is COc1ccc(NC(=O)OC[C@H]2OC(=O)N[C@@H]2CN2CCN(c3ccccc3)CC2)cc1. The molecule has 0 spiro atoms. The van der Waals surface area contributed by atoms with Gasteiger partial charge in [0.05, 0.1) is 13.2 Å². The monoisotopic (exact) mass is 440 g/mol. The van der Waals surface area contributed by atoms with Crippen molar-refractivity contribution in [1.82, 2.24) is 10.2 Å². The summed E-state index contributed by atoms with van der Waals surface area (Å²) in [5.41, 5.74) is 1.81. The standard InChI is InChI=1S/C23H28N4O5/c1-30-19-9-7-17(8-10-19)24-22(28)31-16-21-20(25-23(29)32-21)15-26-11-13-27(14-12-26)18-5-3-2-4-6-18/h2-10,20-21H,11-16H2,1H3,(H,24,28)(H,25,29)/t20-,21-/m1/s1. The van der Waals surface area contributed by atoms with Gasteiger partial charge >= 0.3 is 12.2 Å². The summed E-state index contributed by atoms with van der Waals surface area (Å²) in [7, 11) is 1.58. The van der Waals surface area contributed by atoms with Crippen molar-refractivity contribution < 1.29 is 23.8 Å². The Balaban J connectivity index is 1.23. The molecule has 2 aromatic carbocycles. The zero-order chi connectivity index (χ0) is 22.3. The van der Waals surface area contributed by atoms with E-state index in [2.05, 4.69) is 32.6 Å². The Bertz CT molecular complexity index is 900. The summed E-state index contributed by atoms with van der Waals surface area (Å²) in [5.74, 6) is 0.695. The van der Waals surface area contributed by atoms with E-state index < -0.39 is 18.3 Å². The smallest absolute Gasteiger partial charge is 0.411 e. The molecule has 2 fully saturated rings. The van der Waals surface area contributed by atoms with E-state index in [1.165, 1.54) is 5.69 Å². The third-order valence-electron chi connectivity index (χ3n) is 5.67. The number of hydrogen-bond acceptors (Lipinski definition) is 7. The van der Waals surface area contributed by atoms with Crippen LogP contribution in [0.4, 0.5) is 21.0 Å². The van der Waals surface area contributed by atoms with Gasteiger partial charge in [-0.1, -0.05) is 18.2 Å². The van der Waals surface area contributed by atoms with E-state index >= 15 is 0 Å². The molecule has 2 aliphatic rings. The van der Waals surface area contributed by atoms with Gasteiger partial charge in [0.25, 0.3) is 0 Å². The highest BCUT2D eigenvalue weighted by Crippen LogP contribution is 2.18. The molecular formula is C23H28N4O5. The highest BCUT2D eigenvalue weighted by atomic mass is 16.6. The third-order valence-corrected chi connectivity index (χ3v) is 5.67. The number of ether oxygens (including phenoxy) is 3. The van der Waals surface area contributed by atoms with Gasteiger partial charge < -0.3 is 24.4 Å². The summed E-state index contributed by atoms with van der Waals surface area (Å²) in [5, 5.41) is 5.49. The molecular weight excluding hydrogens is 412 g/mol. The van der Waals surface area contributed by atoms with Gasteiger partial charge in [0, 0.05) is 44.1 Å². The van der Waals surface area contributed by atoms with Gasteiger partial charge in [-0.25, -0.2) is 9.59 Å². The van der Waals surface area contributed by atoms with Crippen LogP contribution in [0, 0.1) is 0 Å². The highest BCUT2D eigenvalue weighted by molar-refractivity contribution is 5.84. The van der Waals surface area contributed by atoms with Crippen molar-refractivity contribution in [2.75, 3.05) is 56.7 Å². The van der Waals surface area contributed by atoms with Crippen LogP contribution >= 0.6 is 0 Å². The molecule has 0 radical (unpaired) electrons. The van der Waals surface area contributed by atoms with Gasteiger partial charge in [0.15, 0.2) is 6.10 Å². The van der Waals surface area contributed by atoms with Crippen molar-refractivity contribution in [2.45, 2.75) is 12.1 Å². The summed E-state index contributed by atoms with van der Waals surface area (Å²) < 4.78 is 15.7. The van der Waals surface area contributed by atoms with Gasteiger partial charge in [0.1, 0.15) is 12.4 Å². The first-order valence-electron chi connectivity index (χ1n) is 10.7. The first-order chi connectivity index (χ1) is 15.6. The average molecular weight is 441 g/mol. The maximum atomic E-state index is 12.1. The number of nitrogens with one attached hydrogen (secondary N) is 2. The fraction of sp³-hybridized carbons (Fsp3) is 0.391. The van der Waals surface area contributed by atoms with Crippen molar-refractivity contribution in [3.8, 4) is 5.75 Å². The fourth-order valence-electron chi connectivity index (χ4n) is 3.90. The summed E-state index contributed by atoms with van der Waals surface area (Å²) >= 11 is 0. The number of amides is 2. The Kier molecular flexibility index (Phi) is 6.96. The molecule has 0 unspecified atom stereocenters. The van der Waals surface area contributed by atoms with E-state index in [9.17, 15) is 9.59 Å². The molecule has 0 aromatic heterocycles. The van der Waals surface area contributed by atoms with Crippen molar-refractivity contribution in [3.05, 3.63) is 54.6 Å². The van der Waals surface area contributed by atoms with Crippen molar-refractivity contribution in [3.63, 3.8) is 0 Å². The molecule has 2 N–H and O–H groups in total. The van der Waals surface area contributed by atoms with Crippen LogP contribution < -0.4 is 20.3 Å². The molecule has 170 valence electrons. The summed E-state index contributed by atoms with van der Waals surface area (Å²) in [6, 6.07) is 17.0. The topological polar surface area (TPSA) is 92.4 Å². The zero-order valence-electron chi connectivity index (χ0n) is 18.0. The molecule has 0 saturated carbocycles. The summed E-state index contributed by atoms with van der Waals surface area (Å²) in [6.45, 7) is 4.21. The van der Waals surface area contributed by atoms with E-state index in [1.54, 1.807) is 31.4 Å². The lowest BCUT2D eigenvalue weighted by molar-refractivity contribution is 0.0618. The van der Waals surface area contributed by atoms with Gasteiger partial charge in [0.2, 0.25) is 0 Å². The number of anilines is 2. The van der Waals surface area contributed by atoms with Gasteiger partial charge in [-0.3, -0.25) is 10.2 Å². The number of hydrogen-bond donors (Lipinski definition) is 2. The van der Waals surface area contributed by atoms with Crippen LogP contribution in [0.2, 0.25) is 0 Å². The van der Waals surface area contributed by atoms with Crippen molar-refractivity contribution in [2.24, 2.45) is 0 Å². The number of carbonyl (C=O) groups is 2. The maximum Gasteiger partial charge on any atom is 0.411 e. The molecule has 4 rings (SSSR count). The maximum absolute atomic E-state index is 12.1. The zero-order valence-corrected chi connectivity index (χ0v) is 18.0. The first-order valence-corrected chi connectivity index (χ1v) is 10.7. The highest BCUT2D eigenvalue weighted by Gasteiger charge is 2.36. The quantitative estimate of drug-likeness (QED) is 0.684. The number of alkyl carbamates (subject to hydrolysis) is 1.